The van der Waals surface area contributed by atoms with Gasteiger partial charge in [0.05, 0.1) is 26.1 Å². The zero-order chi connectivity index (χ0) is 19.4. The van der Waals surface area contributed by atoms with Gasteiger partial charge >= 0.3 is 6.09 Å². The van der Waals surface area contributed by atoms with Gasteiger partial charge in [-0.25, -0.2) is 4.79 Å². The lowest BCUT2D eigenvalue weighted by atomic mass is 9.81. The van der Waals surface area contributed by atoms with Crippen LogP contribution in [-0.2, 0) is 5.41 Å². The summed E-state index contributed by atoms with van der Waals surface area (Å²) in [6.45, 7) is 5.44. The molecule has 0 aliphatic carbocycles. The van der Waals surface area contributed by atoms with Crippen LogP contribution in [0.15, 0.2) is 42.5 Å². The fraction of sp³-hybridized carbons (Fsp3) is 0.409. The van der Waals surface area contributed by atoms with Crippen LogP contribution in [0.4, 0.5) is 16.2 Å². The Morgan fingerprint density at radius 2 is 1.96 bits per heavy atom. The molecule has 1 unspecified atom stereocenters. The highest BCUT2D eigenvalue weighted by Crippen LogP contribution is 2.53. The zero-order valence-electron chi connectivity index (χ0n) is 17.1. The number of anilines is 2. The number of amides is 1. The molecule has 0 radical (unpaired) electrons. The molecule has 28 heavy (non-hydrogen) atoms. The van der Waals surface area contributed by atoms with Crippen molar-refractivity contribution in [2.75, 3.05) is 37.9 Å². The number of aryl methyl sites for hydroxylation is 1. The minimum Gasteiger partial charge on any atom is -1.00 e. The van der Waals surface area contributed by atoms with Gasteiger partial charge in [-0.1, -0.05) is 18.2 Å². The summed E-state index contributed by atoms with van der Waals surface area (Å²) in [5.74, 6) is 0.590. The minimum absolute atomic E-state index is 0. The predicted octanol–water partition coefficient (Wildman–Crippen LogP) is 1.12. The molecule has 150 valence electrons. The van der Waals surface area contributed by atoms with Crippen LogP contribution in [-0.4, -0.2) is 44.4 Å². The van der Waals surface area contributed by atoms with Crippen LogP contribution in [0.1, 0.15) is 24.5 Å². The maximum atomic E-state index is 12.4. The third kappa shape index (κ3) is 3.18. The van der Waals surface area contributed by atoms with Crippen LogP contribution in [0.2, 0.25) is 0 Å². The Morgan fingerprint density at radius 3 is 2.68 bits per heavy atom. The highest BCUT2D eigenvalue weighted by molar-refractivity contribution is 5.87. The summed E-state index contributed by atoms with van der Waals surface area (Å²) in [4.78, 5) is 14.8. The highest BCUT2D eigenvalue weighted by Gasteiger charge is 2.59. The van der Waals surface area contributed by atoms with Crippen molar-refractivity contribution in [3.05, 3.63) is 53.6 Å². The van der Waals surface area contributed by atoms with Crippen molar-refractivity contribution in [1.29, 1.82) is 0 Å². The van der Waals surface area contributed by atoms with Crippen molar-refractivity contribution in [3.63, 3.8) is 0 Å². The number of carbonyl (C=O) groups excluding carboxylic acids is 1. The summed E-state index contributed by atoms with van der Waals surface area (Å²) in [5, 5.41) is 2.83. The lowest BCUT2D eigenvalue weighted by molar-refractivity contribution is -0.903. The first-order valence-electron chi connectivity index (χ1n) is 9.47. The Balaban J connectivity index is 0.00000225. The number of rotatable bonds is 2. The van der Waals surface area contributed by atoms with Gasteiger partial charge in [-0.15, -0.1) is 0 Å². The number of likely N-dealkylation sites (N-methyl/N-ethyl adjacent to an activating group) is 2. The third-order valence-electron chi connectivity index (χ3n) is 6.36. The minimum atomic E-state index is -0.458. The van der Waals surface area contributed by atoms with Crippen molar-refractivity contribution in [3.8, 4) is 5.75 Å². The number of fused-ring (bicyclic) bond motifs is 3. The lowest BCUT2D eigenvalue weighted by Gasteiger charge is -2.38. The smallest absolute Gasteiger partial charge is 0.417 e. The number of halogens is 1. The second-order valence-electron chi connectivity index (χ2n) is 8.66. The molecule has 4 rings (SSSR count). The average molecular weight is 446 g/mol. The van der Waals surface area contributed by atoms with Crippen molar-refractivity contribution in [2.24, 2.45) is 0 Å². The number of benzene rings is 2. The highest BCUT2D eigenvalue weighted by atomic mass is 79.9. The van der Waals surface area contributed by atoms with Gasteiger partial charge in [-0.2, -0.15) is 0 Å². The van der Waals surface area contributed by atoms with Crippen molar-refractivity contribution < 1.29 is 31.0 Å². The number of quaternary nitrogens is 1. The maximum absolute atomic E-state index is 12.4. The molecular weight excluding hydrogens is 418 g/mol. The van der Waals surface area contributed by atoms with E-state index in [1.165, 1.54) is 11.3 Å². The summed E-state index contributed by atoms with van der Waals surface area (Å²) in [5.41, 5.74) is 4.36. The van der Waals surface area contributed by atoms with Crippen molar-refractivity contribution in [2.45, 2.75) is 31.8 Å². The summed E-state index contributed by atoms with van der Waals surface area (Å²) in [6.07, 6.45) is 1.07. The Morgan fingerprint density at radius 1 is 1.25 bits per heavy atom. The first-order chi connectivity index (χ1) is 12.7. The molecule has 2 aliphatic rings. The molecule has 0 bridgehead atoms. The fourth-order valence-electron chi connectivity index (χ4n) is 5.14. The summed E-state index contributed by atoms with van der Waals surface area (Å²) < 4.78 is 6.58. The molecule has 2 aliphatic heterocycles. The molecular formula is C22H28BrN3O2. The van der Waals surface area contributed by atoms with Crippen LogP contribution >= 0.6 is 0 Å². The van der Waals surface area contributed by atoms with Crippen LogP contribution < -0.4 is 31.9 Å². The van der Waals surface area contributed by atoms with Gasteiger partial charge in [0.1, 0.15) is 5.75 Å². The number of nitrogens with one attached hydrogen (secondary N) is 1. The Kier molecular flexibility index (Phi) is 5.23. The molecule has 0 aromatic heterocycles. The summed E-state index contributed by atoms with van der Waals surface area (Å²) in [7, 11) is 6.77. The Bertz CT molecular complexity index is 914. The molecule has 5 nitrogen and oxygen atoms in total. The molecule has 2 aromatic carbocycles. The van der Waals surface area contributed by atoms with Crippen molar-refractivity contribution in [1.82, 2.24) is 0 Å². The number of para-hydroxylation sites is 1. The van der Waals surface area contributed by atoms with E-state index in [4.69, 9.17) is 4.74 Å². The van der Waals surface area contributed by atoms with Gasteiger partial charge in [0.2, 0.25) is 0 Å². The first kappa shape index (κ1) is 20.7. The van der Waals surface area contributed by atoms with E-state index in [0.29, 0.717) is 11.9 Å². The monoisotopic (exact) mass is 445 g/mol. The molecule has 0 spiro atoms. The maximum Gasteiger partial charge on any atom is 0.417 e. The number of nitrogens with zero attached hydrogens (tertiary/aromatic N) is 2. The Hall–Kier alpha value is -2.05. The van der Waals surface area contributed by atoms with E-state index in [-0.39, 0.29) is 22.4 Å². The van der Waals surface area contributed by atoms with Gasteiger partial charge in [0, 0.05) is 24.8 Å². The van der Waals surface area contributed by atoms with E-state index in [0.717, 1.165) is 28.7 Å². The van der Waals surface area contributed by atoms with Gasteiger partial charge in [-0.3, -0.25) is 5.32 Å². The number of hydrogen-bond acceptors (Lipinski definition) is 3. The van der Waals surface area contributed by atoms with Crippen molar-refractivity contribution >= 4 is 17.5 Å². The molecule has 1 fully saturated rings. The molecule has 2 heterocycles. The quantitative estimate of drug-likeness (QED) is 0.704. The lowest BCUT2D eigenvalue weighted by Crippen LogP contribution is -3.00. The van der Waals surface area contributed by atoms with E-state index in [1.54, 1.807) is 0 Å². The molecule has 1 N–H and O–H groups in total. The van der Waals surface area contributed by atoms with E-state index >= 15 is 0 Å². The average Bonchev–Trinajstić information content (AvgIpc) is 2.99. The van der Waals surface area contributed by atoms with E-state index in [1.807, 2.05) is 37.3 Å². The number of likely N-dealkylation sites (tertiary alicyclic amines) is 1. The Labute approximate surface area is 177 Å². The third-order valence-corrected chi connectivity index (χ3v) is 6.36. The van der Waals surface area contributed by atoms with E-state index in [9.17, 15) is 4.79 Å². The molecule has 1 amide bonds. The topological polar surface area (TPSA) is 41.6 Å². The molecule has 2 atom stereocenters. The first-order valence-corrected chi connectivity index (χ1v) is 9.47. The SMILES string of the molecule is Cc1ccccc1NC(=O)Oc1ccc2c(c1)[C@]1(C)CC[N+](C)(C)C1N2C.[Br-]. The standard InChI is InChI=1S/C22H27N3O2.BrH/c1-15-8-6-7-9-18(15)23-21(26)27-16-10-11-19-17(14-16)22(2)12-13-25(4,5)20(22)24(19)3;/h6-11,14,20H,12-13H2,1-5H3;1H/t20?,22-;/m0./s1. The summed E-state index contributed by atoms with van der Waals surface area (Å²) in [6, 6.07) is 13.7. The summed E-state index contributed by atoms with van der Waals surface area (Å²) >= 11 is 0. The van der Waals surface area contributed by atoms with Crippen LogP contribution in [0, 0.1) is 6.92 Å². The van der Waals surface area contributed by atoms with Crippen LogP contribution in [0.3, 0.4) is 0 Å². The fourth-order valence-corrected chi connectivity index (χ4v) is 5.14. The largest absolute Gasteiger partial charge is 1.00 e. The van der Waals surface area contributed by atoms with Gasteiger partial charge in [0.25, 0.3) is 0 Å². The second-order valence-corrected chi connectivity index (χ2v) is 8.66. The van der Waals surface area contributed by atoms with Crippen LogP contribution in [0.25, 0.3) is 0 Å². The van der Waals surface area contributed by atoms with Gasteiger partial charge in [-0.05, 0) is 49.2 Å². The molecule has 0 saturated carbocycles. The van der Waals surface area contributed by atoms with Gasteiger partial charge in [0.15, 0.2) is 6.17 Å². The molecule has 6 heteroatoms. The van der Waals surface area contributed by atoms with Gasteiger partial charge < -0.3 is 31.1 Å². The predicted molar refractivity (Wildman–Crippen MR) is 108 cm³/mol. The zero-order valence-corrected chi connectivity index (χ0v) is 18.7. The van der Waals surface area contributed by atoms with E-state index < -0.39 is 6.09 Å². The second kappa shape index (κ2) is 7.08. The van der Waals surface area contributed by atoms with Crippen LogP contribution in [0.5, 0.6) is 5.75 Å². The number of hydrogen-bond donors (Lipinski definition) is 1. The number of ether oxygens (including phenoxy) is 1. The molecule has 2 aromatic rings. The number of carbonyl (C=O) groups is 1. The normalized spacial score (nSPS) is 24.2. The molecule has 1 saturated heterocycles. The van der Waals surface area contributed by atoms with E-state index in [2.05, 4.69) is 50.4 Å².